The summed E-state index contributed by atoms with van der Waals surface area (Å²) in [6, 6.07) is 3.31. The summed E-state index contributed by atoms with van der Waals surface area (Å²) in [5.41, 5.74) is -0.845. The number of likely N-dealkylation sites (tertiary alicyclic amines) is 1. The first-order valence-electron chi connectivity index (χ1n) is 8.47. The van der Waals surface area contributed by atoms with Crippen molar-refractivity contribution >= 4 is 33.0 Å². The quantitative estimate of drug-likeness (QED) is 0.687. The summed E-state index contributed by atoms with van der Waals surface area (Å²) < 4.78 is 41.3. The van der Waals surface area contributed by atoms with E-state index in [0.29, 0.717) is 13.1 Å². The van der Waals surface area contributed by atoms with Gasteiger partial charge in [-0.15, -0.1) is 0 Å². The topological polar surface area (TPSA) is 114 Å². The number of nitrogens with one attached hydrogen (secondary N) is 3. The first-order valence-corrected chi connectivity index (χ1v) is 9.96. The summed E-state index contributed by atoms with van der Waals surface area (Å²) in [5, 5.41) is 15.4. The van der Waals surface area contributed by atoms with Crippen LogP contribution in [0.2, 0.25) is 0 Å². The predicted octanol–water partition coefficient (Wildman–Crippen LogP) is 2.69. The lowest BCUT2D eigenvalue weighted by Crippen LogP contribution is -2.36. The number of sulfonamides is 1. The molecule has 0 atom stereocenters. The Bertz CT molecular complexity index is 976. The van der Waals surface area contributed by atoms with Crippen molar-refractivity contribution in [3.05, 3.63) is 52.7 Å². The summed E-state index contributed by atoms with van der Waals surface area (Å²) in [7, 11) is -4.26. The van der Waals surface area contributed by atoms with Gasteiger partial charge in [0.05, 0.1) is 22.7 Å². The Morgan fingerprint density at radius 1 is 1.15 bits per heavy atom. The number of allylic oxidation sites excluding steroid dienone is 4. The average Bonchev–Trinajstić information content (AvgIpc) is 2.64. The highest BCUT2D eigenvalue weighted by Gasteiger charge is 2.28. The maximum atomic E-state index is 13.7. The standard InChI is InChI=1S/C18H19FN4O3S/c19-12-7-8-13(18(24)23-9-2-1-3-10-23)15(11-12)22-27(25,26)16-6-4-5-14(20)17(16)21/h4-8,11,20-22H,1-3,9-10H2. The molecular formula is C18H19FN4O3S. The zero-order valence-electron chi connectivity index (χ0n) is 14.5. The van der Waals surface area contributed by atoms with Crippen LogP contribution in [-0.2, 0) is 10.0 Å². The van der Waals surface area contributed by atoms with Gasteiger partial charge in [0, 0.05) is 13.1 Å². The summed E-state index contributed by atoms with van der Waals surface area (Å²) in [5.74, 6) is -1.06. The second kappa shape index (κ2) is 7.43. The smallest absolute Gasteiger partial charge is 0.264 e. The monoisotopic (exact) mass is 390 g/mol. The van der Waals surface area contributed by atoms with Crippen LogP contribution >= 0.6 is 0 Å². The normalized spacial score (nSPS) is 17.7. The zero-order valence-corrected chi connectivity index (χ0v) is 15.3. The van der Waals surface area contributed by atoms with Crippen molar-refractivity contribution in [3.63, 3.8) is 0 Å². The van der Waals surface area contributed by atoms with Gasteiger partial charge in [0.2, 0.25) is 0 Å². The number of nitrogens with zero attached hydrogens (tertiary/aromatic N) is 1. The molecule has 0 radical (unpaired) electrons. The van der Waals surface area contributed by atoms with Gasteiger partial charge in [0.1, 0.15) is 10.7 Å². The Hall–Kier alpha value is -2.81. The largest absolute Gasteiger partial charge is 0.339 e. The van der Waals surface area contributed by atoms with Crippen molar-refractivity contribution in [1.82, 2.24) is 4.90 Å². The molecule has 3 rings (SSSR count). The molecule has 1 amide bonds. The van der Waals surface area contributed by atoms with E-state index in [1.54, 1.807) is 4.90 Å². The lowest BCUT2D eigenvalue weighted by molar-refractivity contribution is 0.0725. The molecular weight excluding hydrogens is 371 g/mol. The molecule has 0 aromatic heterocycles. The molecule has 9 heteroatoms. The highest BCUT2D eigenvalue weighted by atomic mass is 32.2. The van der Waals surface area contributed by atoms with Crippen LogP contribution in [0.1, 0.15) is 29.6 Å². The van der Waals surface area contributed by atoms with E-state index in [2.05, 4.69) is 4.72 Å². The van der Waals surface area contributed by atoms with E-state index in [0.717, 1.165) is 31.4 Å². The van der Waals surface area contributed by atoms with Crippen LogP contribution in [-0.4, -0.2) is 43.7 Å². The Labute approximate surface area is 156 Å². The number of carbonyl (C=O) groups excluding carboxylic acids is 1. The lowest BCUT2D eigenvalue weighted by Gasteiger charge is -2.27. The lowest BCUT2D eigenvalue weighted by atomic mass is 10.1. The fourth-order valence-electron chi connectivity index (χ4n) is 3.01. The number of benzene rings is 1. The minimum absolute atomic E-state index is 0.0513. The summed E-state index contributed by atoms with van der Waals surface area (Å²) in [6.07, 6.45) is 6.60. The van der Waals surface area contributed by atoms with Crippen LogP contribution in [0.15, 0.2) is 41.3 Å². The van der Waals surface area contributed by atoms with Crippen molar-refractivity contribution < 1.29 is 17.6 Å². The molecule has 2 aliphatic rings. The third kappa shape index (κ3) is 3.97. The van der Waals surface area contributed by atoms with Crippen LogP contribution in [0.25, 0.3) is 0 Å². The molecule has 0 bridgehead atoms. The predicted molar refractivity (Wildman–Crippen MR) is 101 cm³/mol. The van der Waals surface area contributed by atoms with Gasteiger partial charge in [0.25, 0.3) is 15.9 Å². The van der Waals surface area contributed by atoms with Crippen molar-refractivity contribution in [2.75, 3.05) is 17.8 Å². The molecule has 0 spiro atoms. The summed E-state index contributed by atoms with van der Waals surface area (Å²) in [4.78, 5) is 14.0. The molecule has 0 unspecified atom stereocenters. The molecule has 3 N–H and O–H groups in total. The van der Waals surface area contributed by atoms with Crippen molar-refractivity contribution in [1.29, 1.82) is 10.8 Å². The Kier molecular flexibility index (Phi) is 5.22. The number of carbonyl (C=O) groups is 1. The molecule has 27 heavy (non-hydrogen) atoms. The Balaban J connectivity index is 1.94. The van der Waals surface area contributed by atoms with E-state index >= 15 is 0 Å². The number of piperidine rings is 1. The van der Waals surface area contributed by atoms with Gasteiger partial charge in [0.15, 0.2) is 0 Å². The van der Waals surface area contributed by atoms with Gasteiger partial charge in [-0.1, -0.05) is 6.08 Å². The third-order valence-electron chi connectivity index (χ3n) is 4.42. The number of rotatable bonds is 4. The fourth-order valence-corrected chi connectivity index (χ4v) is 4.21. The third-order valence-corrected chi connectivity index (χ3v) is 5.82. The van der Waals surface area contributed by atoms with Gasteiger partial charge in [-0.05, 0) is 49.6 Å². The van der Waals surface area contributed by atoms with E-state index in [9.17, 15) is 17.6 Å². The maximum Gasteiger partial charge on any atom is 0.264 e. The van der Waals surface area contributed by atoms with Crippen LogP contribution in [0.3, 0.4) is 0 Å². The SMILES string of the molecule is N=C1C=CC=C(S(=O)(=O)Nc2cc(F)ccc2C(=O)N2CCCCC2)C1=N. The van der Waals surface area contributed by atoms with E-state index in [1.165, 1.54) is 24.3 Å². The van der Waals surface area contributed by atoms with Gasteiger partial charge >= 0.3 is 0 Å². The van der Waals surface area contributed by atoms with Gasteiger partial charge in [-0.25, -0.2) is 12.8 Å². The Morgan fingerprint density at radius 3 is 2.56 bits per heavy atom. The molecule has 1 aromatic rings. The Morgan fingerprint density at radius 2 is 1.85 bits per heavy atom. The van der Waals surface area contributed by atoms with Crippen LogP contribution in [0.5, 0.6) is 0 Å². The molecule has 1 heterocycles. The minimum Gasteiger partial charge on any atom is -0.339 e. The maximum absolute atomic E-state index is 13.7. The number of hydrogen-bond acceptors (Lipinski definition) is 5. The molecule has 1 aliphatic carbocycles. The van der Waals surface area contributed by atoms with Gasteiger partial charge in [-0.2, -0.15) is 0 Å². The highest BCUT2D eigenvalue weighted by Crippen LogP contribution is 2.25. The van der Waals surface area contributed by atoms with E-state index in [-0.39, 0.29) is 22.9 Å². The molecule has 142 valence electrons. The van der Waals surface area contributed by atoms with Crippen molar-refractivity contribution in [2.24, 2.45) is 0 Å². The van der Waals surface area contributed by atoms with E-state index in [4.69, 9.17) is 10.8 Å². The second-order valence-electron chi connectivity index (χ2n) is 6.33. The molecule has 1 fully saturated rings. The van der Waals surface area contributed by atoms with Gasteiger partial charge < -0.3 is 4.90 Å². The summed E-state index contributed by atoms with van der Waals surface area (Å²) >= 11 is 0. The first kappa shape index (κ1) is 19.0. The molecule has 0 saturated carbocycles. The molecule has 7 nitrogen and oxygen atoms in total. The summed E-state index contributed by atoms with van der Waals surface area (Å²) in [6.45, 7) is 1.14. The van der Waals surface area contributed by atoms with E-state index < -0.39 is 26.5 Å². The van der Waals surface area contributed by atoms with Gasteiger partial charge in [-0.3, -0.25) is 20.3 Å². The van der Waals surface area contributed by atoms with Crippen LogP contribution in [0, 0.1) is 16.6 Å². The average molecular weight is 390 g/mol. The van der Waals surface area contributed by atoms with Crippen LogP contribution < -0.4 is 4.72 Å². The zero-order chi connectivity index (χ0) is 19.6. The highest BCUT2D eigenvalue weighted by molar-refractivity contribution is 7.97. The minimum atomic E-state index is -4.26. The van der Waals surface area contributed by atoms with Crippen molar-refractivity contribution in [2.45, 2.75) is 19.3 Å². The number of amides is 1. The van der Waals surface area contributed by atoms with Crippen molar-refractivity contribution in [3.8, 4) is 0 Å². The molecule has 1 aliphatic heterocycles. The molecule has 1 aromatic carbocycles. The van der Waals surface area contributed by atoms with E-state index in [1.807, 2.05) is 0 Å². The number of hydrogen-bond donors (Lipinski definition) is 3. The fraction of sp³-hybridized carbons (Fsp3) is 0.278. The first-order chi connectivity index (χ1) is 12.8. The number of halogens is 1. The number of anilines is 1. The molecule has 1 saturated heterocycles. The second-order valence-corrected chi connectivity index (χ2v) is 7.98. The van der Waals surface area contributed by atoms with Crippen LogP contribution in [0.4, 0.5) is 10.1 Å².